The normalized spacial score (nSPS) is 30.5. The van der Waals surface area contributed by atoms with Crippen LogP contribution in [-0.2, 0) is 0 Å². The van der Waals surface area contributed by atoms with Crippen molar-refractivity contribution in [2.24, 2.45) is 4.52 Å². The summed E-state index contributed by atoms with van der Waals surface area (Å²) in [5.41, 5.74) is 0. The van der Waals surface area contributed by atoms with Gasteiger partial charge in [-0.2, -0.15) is 0 Å². The van der Waals surface area contributed by atoms with Crippen LogP contribution in [0.25, 0.3) is 0 Å². The molecule has 0 bridgehead atoms. The van der Waals surface area contributed by atoms with Crippen LogP contribution in [0.15, 0.2) is 95.5 Å². The van der Waals surface area contributed by atoms with E-state index in [0.29, 0.717) is 0 Å². The van der Waals surface area contributed by atoms with E-state index in [4.69, 9.17) is 38.2 Å². The third kappa shape index (κ3) is 3.99. The maximum absolute atomic E-state index is 7.18. The number of rotatable bonds is 3. The lowest BCUT2D eigenvalue weighted by Crippen LogP contribution is -2.36. The summed E-state index contributed by atoms with van der Waals surface area (Å²) in [6, 6.07) is 29.5. The van der Waals surface area contributed by atoms with Crippen molar-refractivity contribution >= 4 is 70.0 Å². The first kappa shape index (κ1) is 19.8. The van der Waals surface area contributed by atoms with E-state index >= 15 is 0 Å². The van der Waals surface area contributed by atoms with Crippen molar-refractivity contribution < 1.29 is 0 Å². The number of nitrogens with one attached hydrogen (secondary N) is 2. The Bertz CT molecular complexity index is 992. The Morgan fingerprint density at radius 3 is 1.74 bits per heavy atom. The molecule has 3 nitrogen and oxygen atoms in total. The number of hydrogen-bond acceptors (Lipinski definition) is 3. The fraction of sp³-hybridized carbons (Fsp3) is 0. The quantitative estimate of drug-likeness (QED) is 0.429. The van der Waals surface area contributed by atoms with Gasteiger partial charge in [0.2, 0.25) is 6.56 Å². The van der Waals surface area contributed by atoms with Crippen LogP contribution in [0.4, 0.5) is 0 Å². The summed E-state index contributed by atoms with van der Waals surface area (Å²) < 4.78 is 4.98. The Morgan fingerprint density at radius 2 is 1.19 bits per heavy atom. The van der Waals surface area contributed by atoms with Crippen molar-refractivity contribution in [2.75, 3.05) is 0 Å². The predicted octanol–water partition coefficient (Wildman–Crippen LogP) is 6.43. The first-order chi connectivity index (χ1) is 12.9. The molecular formula is C18H17Cl3N3P3+2. The molecule has 27 heavy (non-hydrogen) atoms. The summed E-state index contributed by atoms with van der Waals surface area (Å²) in [5, 5.41) is 2.77. The second-order valence-corrected chi connectivity index (χ2v) is 17.7. The fourth-order valence-electron chi connectivity index (χ4n) is 2.82. The average Bonchev–Trinajstić information content (AvgIpc) is 2.69. The van der Waals surface area contributed by atoms with Gasteiger partial charge in [0.05, 0.1) is 0 Å². The summed E-state index contributed by atoms with van der Waals surface area (Å²) in [7, 11) is 0. The highest BCUT2D eigenvalue weighted by atomic mass is 35.7. The van der Waals surface area contributed by atoms with Crippen LogP contribution in [-0.4, -0.2) is 0 Å². The van der Waals surface area contributed by atoms with Gasteiger partial charge < -0.3 is 0 Å². The highest BCUT2D eigenvalue weighted by Gasteiger charge is 2.63. The van der Waals surface area contributed by atoms with E-state index in [9.17, 15) is 0 Å². The maximum atomic E-state index is 7.18. The minimum absolute atomic E-state index is 0.912. The summed E-state index contributed by atoms with van der Waals surface area (Å²) >= 11 is 21.5. The topological polar surface area (TPSA) is 36.4 Å². The minimum Gasteiger partial charge on any atom is -0.0956 e. The second-order valence-electron chi connectivity index (χ2n) is 6.00. The summed E-state index contributed by atoms with van der Waals surface area (Å²) in [4.78, 5) is 6.96. The van der Waals surface area contributed by atoms with E-state index in [1.54, 1.807) is 0 Å². The number of nitrogens with zero attached hydrogens (tertiary/aromatic N) is 1. The lowest BCUT2D eigenvalue weighted by Gasteiger charge is -2.31. The van der Waals surface area contributed by atoms with Gasteiger partial charge in [-0.3, -0.25) is 0 Å². The molecule has 0 amide bonds. The molecule has 138 valence electrons. The van der Waals surface area contributed by atoms with Crippen LogP contribution >= 0.6 is 54.1 Å². The van der Waals surface area contributed by atoms with Gasteiger partial charge in [-0.05, 0) is 35.5 Å². The van der Waals surface area contributed by atoms with Gasteiger partial charge in [0.15, 0.2) is 10.6 Å². The Morgan fingerprint density at radius 1 is 0.704 bits per heavy atom. The molecule has 3 unspecified atom stereocenters. The first-order valence-electron chi connectivity index (χ1n) is 8.20. The molecule has 0 aromatic heterocycles. The molecule has 3 aromatic rings. The maximum Gasteiger partial charge on any atom is 0.369 e. The van der Waals surface area contributed by atoms with Gasteiger partial charge in [-0.15, -0.1) is 0 Å². The molecule has 0 spiro atoms. The third-order valence-corrected chi connectivity index (χ3v) is 19.1. The third-order valence-electron chi connectivity index (χ3n) is 4.10. The van der Waals surface area contributed by atoms with E-state index in [2.05, 4.69) is 9.72 Å². The molecule has 9 heteroatoms. The zero-order valence-corrected chi connectivity index (χ0v) is 19.0. The molecular weight excluding hydrogens is 458 g/mol. The smallest absolute Gasteiger partial charge is 0.0956 e. The number of hydrogen-bond donors (Lipinski definition) is 2. The van der Waals surface area contributed by atoms with Crippen LogP contribution in [0.1, 0.15) is 0 Å². The van der Waals surface area contributed by atoms with E-state index in [1.807, 2.05) is 91.0 Å². The average molecular weight is 475 g/mol. The number of halogens is 3. The van der Waals surface area contributed by atoms with E-state index in [-0.39, 0.29) is 0 Å². The number of benzene rings is 3. The van der Waals surface area contributed by atoms with Crippen molar-refractivity contribution in [3.8, 4) is 0 Å². The molecule has 4 rings (SSSR count). The lowest BCUT2D eigenvalue weighted by molar-refractivity contribution is 1.43. The van der Waals surface area contributed by atoms with Gasteiger partial charge in [-0.25, -0.2) is 0 Å². The van der Waals surface area contributed by atoms with Crippen LogP contribution in [0.5, 0.6) is 0 Å². The lowest BCUT2D eigenvalue weighted by atomic mass is 10.4. The van der Waals surface area contributed by atoms with E-state index in [1.165, 1.54) is 0 Å². The van der Waals surface area contributed by atoms with Crippen molar-refractivity contribution in [2.45, 2.75) is 0 Å². The molecule has 0 saturated carbocycles. The minimum atomic E-state index is -2.67. The molecule has 0 aliphatic carbocycles. The Hall–Kier alpha value is -0.460. The Labute approximate surface area is 174 Å². The van der Waals surface area contributed by atoms with Crippen LogP contribution in [0.2, 0.25) is 0 Å². The highest BCUT2D eigenvalue weighted by Crippen LogP contribution is 2.83. The van der Waals surface area contributed by atoms with Crippen molar-refractivity contribution in [3.63, 3.8) is 0 Å². The molecule has 1 aliphatic heterocycles. The Kier molecular flexibility index (Phi) is 5.70. The second kappa shape index (κ2) is 7.75. The van der Waals surface area contributed by atoms with Gasteiger partial charge in [0.25, 0.3) is 0 Å². The fourth-order valence-corrected chi connectivity index (χ4v) is 21.0. The molecule has 0 fully saturated rings. The summed E-state index contributed by atoms with van der Waals surface area (Å²) in [6.45, 7) is -7.92. The first-order valence-corrected chi connectivity index (χ1v) is 16.2. The summed E-state index contributed by atoms with van der Waals surface area (Å²) in [6.07, 6.45) is 0. The van der Waals surface area contributed by atoms with Crippen molar-refractivity contribution in [3.05, 3.63) is 91.0 Å². The SMILES string of the molecule is ClP1(c2ccccc2)=N[P+](Cl)(c2ccccc2)N[P+](Cl)(c2ccccc2)N1. The molecule has 1 heterocycles. The largest absolute Gasteiger partial charge is 0.369 e. The Balaban J connectivity index is 1.93. The van der Waals surface area contributed by atoms with Gasteiger partial charge in [0.1, 0.15) is 22.5 Å². The van der Waals surface area contributed by atoms with E-state index in [0.717, 1.165) is 15.9 Å². The van der Waals surface area contributed by atoms with Crippen LogP contribution in [0.3, 0.4) is 0 Å². The molecule has 0 radical (unpaired) electrons. The highest BCUT2D eigenvalue weighted by molar-refractivity contribution is 8.22. The van der Waals surface area contributed by atoms with Crippen LogP contribution < -0.4 is 25.6 Å². The van der Waals surface area contributed by atoms with Crippen molar-refractivity contribution in [1.82, 2.24) is 9.72 Å². The van der Waals surface area contributed by atoms with Gasteiger partial charge in [-0.1, -0.05) is 76.1 Å². The zero-order chi connectivity index (χ0) is 19.0. The monoisotopic (exact) mass is 473 g/mol. The summed E-state index contributed by atoms with van der Waals surface area (Å²) in [5.74, 6) is 0. The predicted molar refractivity (Wildman–Crippen MR) is 125 cm³/mol. The molecule has 3 atom stereocenters. The van der Waals surface area contributed by atoms with E-state index < -0.39 is 20.4 Å². The van der Waals surface area contributed by atoms with Crippen molar-refractivity contribution in [1.29, 1.82) is 0 Å². The standard InChI is InChI=1S/C18H17Cl3N3P3/c19-25(16-10-4-1-5-11-16)22-26(20,17-12-6-2-7-13-17)24-27(21,23-25)18-14-8-3-9-15-18/h1-15,22-23H/q+2. The molecule has 0 saturated heterocycles. The zero-order valence-electron chi connectivity index (χ0n) is 14.1. The van der Waals surface area contributed by atoms with Crippen LogP contribution in [0, 0.1) is 0 Å². The van der Waals surface area contributed by atoms with Gasteiger partial charge >= 0.3 is 13.8 Å². The molecule has 3 aromatic carbocycles. The van der Waals surface area contributed by atoms with Gasteiger partial charge in [0, 0.05) is 10.2 Å². The molecule has 2 N–H and O–H groups in total. The molecule has 1 aliphatic rings.